The maximum absolute atomic E-state index is 6.08. The third kappa shape index (κ3) is 2.37. The number of halogens is 1. The Hall–Kier alpha value is -1.26. The minimum atomic E-state index is 0.694. The maximum Gasteiger partial charge on any atom is 0.137 e. The third-order valence-corrected chi connectivity index (χ3v) is 3.53. The molecule has 17 heavy (non-hydrogen) atoms. The Morgan fingerprint density at radius 2 is 2.18 bits per heavy atom. The molecule has 1 aromatic carbocycles. The van der Waals surface area contributed by atoms with E-state index < -0.39 is 0 Å². The maximum atomic E-state index is 6.08. The van der Waals surface area contributed by atoms with E-state index in [1.807, 2.05) is 31.5 Å². The van der Waals surface area contributed by atoms with E-state index >= 15 is 0 Å². The second-order valence-electron chi connectivity index (χ2n) is 3.59. The van der Waals surface area contributed by atoms with E-state index in [-0.39, 0.29) is 0 Å². The van der Waals surface area contributed by atoms with Crippen molar-refractivity contribution >= 4 is 28.8 Å². The third-order valence-electron chi connectivity index (χ3n) is 2.43. The first-order chi connectivity index (χ1) is 8.15. The van der Waals surface area contributed by atoms with E-state index in [1.54, 1.807) is 18.4 Å². The standard InChI is InChI=1S/C12H13ClN2OS/c1-7-4-8(13)5-9(11(7)16-3)12-15-10(14-2)6-17-12/h4-6,14H,1-3H3. The summed E-state index contributed by atoms with van der Waals surface area (Å²) in [6.07, 6.45) is 0. The van der Waals surface area contributed by atoms with Gasteiger partial charge in [-0.1, -0.05) is 11.6 Å². The number of hydrogen-bond donors (Lipinski definition) is 1. The average Bonchev–Trinajstić information content (AvgIpc) is 2.76. The monoisotopic (exact) mass is 268 g/mol. The van der Waals surface area contributed by atoms with Gasteiger partial charge in [0, 0.05) is 17.5 Å². The first kappa shape index (κ1) is 12.2. The molecule has 90 valence electrons. The first-order valence-corrected chi connectivity index (χ1v) is 6.39. The Bertz CT molecular complexity index is 539. The van der Waals surface area contributed by atoms with Crippen molar-refractivity contribution in [1.82, 2.24) is 4.98 Å². The summed E-state index contributed by atoms with van der Waals surface area (Å²) in [5, 5.41) is 6.57. The number of nitrogens with zero attached hydrogens (tertiary/aromatic N) is 1. The Kier molecular flexibility index (Phi) is 3.54. The quantitative estimate of drug-likeness (QED) is 0.919. The normalized spacial score (nSPS) is 10.4. The van der Waals surface area contributed by atoms with Gasteiger partial charge in [0.15, 0.2) is 0 Å². The van der Waals surface area contributed by atoms with Crippen molar-refractivity contribution in [3.05, 3.63) is 28.1 Å². The fraction of sp³-hybridized carbons (Fsp3) is 0.250. The first-order valence-electron chi connectivity index (χ1n) is 5.13. The highest BCUT2D eigenvalue weighted by atomic mass is 35.5. The Balaban J connectivity index is 2.57. The minimum absolute atomic E-state index is 0.694. The van der Waals surface area contributed by atoms with E-state index in [9.17, 15) is 0 Å². The number of aromatic nitrogens is 1. The van der Waals surface area contributed by atoms with Crippen molar-refractivity contribution in [2.24, 2.45) is 0 Å². The molecule has 0 radical (unpaired) electrons. The van der Waals surface area contributed by atoms with Gasteiger partial charge < -0.3 is 10.1 Å². The van der Waals surface area contributed by atoms with Crippen LogP contribution in [-0.4, -0.2) is 19.1 Å². The highest BCUT2D eigenvalue weighted by Crippen LogP contribution is 2.37. The molecule has 0 unspecified atom stereocenters. The van der Waals surface area contributed by atoms with Crippen molar-refractivity contribution in [2.45, 2.75) is 6.92 Å². The Labute approximate surface area is 109 Å². The van der Waals surface area contributed by atoms with Gasteiger partial charge in [-0.2, -0.15) is 0 Å². The zero-order valence-electron chi connectivity index (χ0n) is 9.87. The Morgan fingerprint density at radius 1 is 1.41 bits per heavy atom. The molecule has 0 fully saturated rings. The number of thiazole rings is 1. The summed E-state index contributed by atoms with van der Waals surface area (Å²) in [4.78, 5) is 4.46. The second-order valence-corrected chi connectivity index (χ2v) is 4.89. The van der Waals surface area contributed by atoms with Crippen LogP contribution in [0.4, 0.5) is 5.82 Å². The summed E-state index contributed by atoms with van der Waals surface area (Å²) < 4.78 is 5.42. The molecule has 0 saturated heterocycles. The topological polar surface area (TPSA) is 34.1 Å². The molecular formula is C12H13ClN2OS. The zero-order chi connectivity index (χ0) is 12.4. The SMILES string of the molecule is CNc1csc(-c2cc(Cl)cc(C)c2OC)n1. The summed E-state index contributed by atoms with van der Waals surface area (Å²) in [5.41, 5.74) is 1.94. The molecule has 0 aliphatic rings. The van der Waals surface area contributed by atoms with Crippen molar-refractivity contribution in [3.63, 3.8) is 0 Å². The number of anilines is 1. The van der Waals surface area contributed by atoms with E-state index in [0.29, 0.717) is 5.02 Å². The fourth-order valence-electron chi connectivity index (χ4n) is 1.67. The van der Waals surface area contributed by atoms with Crippen molar-refractivity contribution in [1.29, 1.82) is 0 Å². The van der Waals surface area contributed by atoms with E-state index in [2.05, 4.69) is 10.3 Å². The van der Waals surface area contributed by atoms with Crippen LogP contribution in [0.25, 0.3) is 10.6 Å². The molecular weight excluding hydrogens is 256 g/mol. The van der Waals surface area contributed by atoms with Crippen molar-refractivity contribution < 1.29 is 4.74 Å². The lowest BCUT2D eigenvalue weighted by Crippen LogP contribution is -1.92. The largest absolute Gasteiger partial charge is 0.496 e. The number of methoxy groups -OCH3 is 1. The second kappa shape index (κ2) is 4.94. The molecule has 2 aromatic rings. The van der Waals surface area contributed by atoms with Gasteiger partial charge in [0.25, 0.3) is 0 Å². The predicted octanol–water partition coefficient (Wildman–Crippen LogP) is 3.82. The van der Waals surface area contributed by atoms with Gasteiger partial charge in [0.05, 0.1) is 12.7 Å². The molecule has 1 N–H and O–H groups in total. The van der Waals surface area contributed by atoms with Crippen LogP contribution in [0.15, 0.2) is 17.5 Å². The van der Waals surface area contributed by atoms with Crippen LogP contribution in [0, 0.1) is 6.92 Å². The predicted molar refractivity (Wildman–Crippen MR) is 73.4 cm³/mol. The summed E-state index contributed by atoms with van der Waals surface area (Å²) in [6.45, 7) is 1.97. The molecule has 0 aliphatic heterocycles. The molecule has 1 heterocycles. The molecule has 0 bridgehead atoms. The lowest BCUT2D eigenvalue weighted by molar-refractivity contribution is 0.413. The molecule has 1 aromatic heterocycles. The van der Waals surface area contributed by atoms with Crippen molar-refractivity contribution in [2.75, 3.05) is 19.5 Å². The molecule has 0 aliphatic carbocycles. The molecule has 5 heteroatoms. The van der Waals surface area contributed by atoms with Crippen molar-refractivity contribution in [3.8, 4) is 16.3 Å². The van der Waals surface area contributed by atoms with Gasteiger partial charge in [-0.05, 0) is 24.6 Å². The van der Waals surface area contributed by atoms with Crippen LogP contribution < -0.4 is 10.1 Å². The molecule has 0 spiro atoms. The fourth-order valence-corrected chi connectivity index (χ4v) is 2.77. The van der Waals surface area contributed by atoms with Crippen LogP contribution in [0.3, 0.4) is 0 Å². The average molecular weight is 269 g/mol. The van der Waals surface area contributed by atoms with Crippen LogP contribution in [0.5, 0.6) is 5.75 Å². The molecule has 0 atom stereocenters. The number of rotatable bonds is 3. The van der Waals surface area contributed by atoms with Crippen LogP contribution >= 0.6 is 22.9 Å². The number of ether oxygens (including phenoxy) is 1. The highest BCUT2D eigenvalue weighted by molar-refractivity contribution is 7.13. The highest BCUT2D eigenvalue weighted by Gasteiger charge is 2.13. The summed E-state index contributed by atoms with van der Waals surface area (Å²) in [5.74, 6) is 1.68. The van der Waals surface area contributed by atoms with Crippen LogP contribution in [0.1, 0.15) is 5.56 Å². The number of benzene rings is 1. The summed E-state index contributed by atoms with van der Waals surface area (Å²) >= 11 is 7.64. The van der Waals surface area contributed by atoms with Gasteiger partial charge in [0.2, 0.25) is 0 Å². The molecule has 2 rings (SSSR count). The lowest BCUT2D eigenvalue weighted by atomic mass is 10.1. The Morgan fingerprint density at radius 3 is 2.76 bits per heavy atom. The zero-order valence-corrected chi connectivity index (χ0v) is 11.4. The van der Waals surface area contributed by atoms with Crippen LogP contribution in [0.2, 0.25) is 5.02 Å². The van der Waals surface area contributed by atoms with E-state index in [0.717, 1.165) is 27.7 Å². The number of aryl methyl sites for hydroxylation is 1. The smallest absolute Gasteiger partial charge is 0.137 e. The summed E-state index contributed by atoms with van der Waals surface area (Å²) in [6, 6.07) is 3.77. The van der Waals surface area contributed by atoms with Gasteiger partial charge >= 0.3 is 0 Å². The van der Waals surface area contributed by atoms with Gasteiger partial charge in [-0.3, -0.25) is 0 Å². The molecule has 0 amide bonds. The molecule has 0 saturated carbocycles. The molecule has 3 nitrogen and oxygen atoms in total. The van der Waals surface area contributed by atoms with Gasteiger partial charge in [-0.15, -0.1) is 11.3 Å². The summed E-state index contributed by atoms with van der Waals surface area (Å²) in [7, 11) is 3.51. The van der Waals surface area contributed by atoms with Crippen LogP contribution in [-0.2, 0) is 0 Å². The minimum Gasteiger partial charge on any atom is -0.496 e. The number of nitrogens with one attached hydrogen (secondary N) is 1. The van der Waals surface area contributed by atoms with E-state index in [1.165, 1.54) is 0 Å². The lowest BCUT2D eigenvalue weighted by Gasteiger charge is -2.10. The van der Waals surface area contributed by atoms with Gasteiger partial charge in [0.1, 0.15) is 16.6 Å². The van der Waals surface area contributed by atoms with E-state index in [4.69, 9.17) is 16.3 Å². The number of hydrogen-bond acceptors (Lipinski definition) is 4. The van der Waals surface area contributed by atoms with Gasteiger partial charge in [-0.25, -0.2) is 4.98 Å².